The molecule has 0 saturated heterocycles. The fraction of sp³-hybridized carbons (Fsp3) is 0.319. The van der Waals surface area contributed by atoms with Crippen LogP contribution in [-0.2, 0) is 6.42 Å². The lowest BCUT2D eigenvalue weighted by Gasteiger charge is -2.14. The van der Waals surface area contributed by atoms with Gasteiger partial charge in [0.05, 0.1) is 22.4 Å². The van der Waals surface area contributed by atoms with Gasteiger partial charge in [-0.15, -0.1) is 0 Å². The Balaban J connectivity index is 1.31. The summed E-state index contributed by atoms with van der Waals surface area (Å²) in [6, 6.07) is 34.9. The highest BCUT2D eigenvalue weighted by atomic mass is 16.5. The van der Waals surface area contributed by atoms with E-state index in [-0.39, 0.29) is 0 Å². The average Bonchev–Trinajstić information content (AvgIpc) is 3.64. The molecule has 266 valence electrons. The molecule has 0 amide bonds. The van der Waals surface area contributed by atoms with E-state index >= 15 is 0 Å². The van der Waals surface area contributed by atoms with Gasteiger partial charge in [-0.3, -0.25) is 4.57 Å². The summed E-state index contributed by atoms with van der Waals surface area (Å²) >= 11 is 0. The largest absolute Gasteiger partial charge is 0.457 e. The summed E-state index contributed by atoms with van der Waals surface area (Å²) in [5.41, 5.74) is 11.6. The first-order chi connectivity index (χ1) is 25.3. The van der Waals surface area contributed by atoms with Gasteiger partial charge in [-0.25, -0.2) is 9.67 Å². The fourth-order valence-electron chi connectivity index (χ4n) is 7.75. The van der Waals surface area contributed by atoms with E-state index in [0.29, 0.717) is 5.92 Å². The van der Waals surface area contributed by atoms with E-state index in [4.69, 9.17) is 14.8 Å². The number of nitrogens with zero attached hydrogens (tertiary/aromatic N) is 4. The molecule has 0 fully saturated rings. The number of fused-ring (bicyclic) bond motifs is 3. The molecule has 5 heteroatoms. The monoisotopic (exact) mass is 688 g/mol. The zero-order valence-corrected chi connectivity index (χ0v) is 31.7. The van der Waals surface area contributed by atoms with Gasteiger partial charge in [0.25, 0.3) is 0 Å². The summed E-state index contributed by atoms with van der Waals surface area (Å²) in [7, 11) is 0. The van der Waals surface area contributed by atoms with Gasteiger partial charge in [0, 0.05) is 40.4 Å². The predicted molar refractivity (Wildman–Crippen MR) is 218 cm³/mol. The van der Waals surface area contributed by atoms with Crippen molar-refractivity contribution in [3.05, 3.63) is 131 Å². The minimum atomic E-state index is 0.513. The van der Waals surface area contributed by atoms with Crippen molar-refractivity contribution in [2.75, 3.05) is 0 Å². The first-order valence-electron chi connectivity index (χ1n) is 19.3. The summed E-state index contributed by atoms with van der Waals surface area (Å²) in [6.45, 7) is 13.3. The van der Waals surface area contributed by atoms with Crippen LogP contribution in [0.3, 0.4) is 0 Å². The highest BCUT2D eigenvalue weighted by Gasteiger charge is 2.19. The van der Waals surface area contributed by atoms with E-state index in [1.807, 2.05) is 6.20 Å². The molecule has 4 aromatic carbocycles. The highest BCUT2D eigenvalue weighted by Crippen LogP contribution is 2.38. The number of hydrogen-bond donors (Lipinski definition) is 0. The van der Waals surface area contributed by atoms with Gasteiger partial charge < -0.3 is 4.74 Å². The van der Waals surface area contributed by atoms with E-state index in [9.17, 15) is 0 Å². The number of hydrogen-bond acceptors (Lipinski definition) is 3. The Morgan fingerprint density at radius 1 is 0.712 bits per heavy atom. The molecule has 0 aliphatic heterocycles. The first kappa shape index (κ1) is 35.3. The van der Waals surface area contributed by atoms with Gasteiger partial charge in [-0.1, -0.05) is 89.3 Å². The first-order valence-corrected chi connectivity index (χ1v) is 19.3. The minimum absolute atomic E-state index is 0.513. The molecule has 52 heavy (non-hydrogen) atoms. The lowest BCUT2D eigenvalue weighted by atomic mass is 9.94. The number of rotatable bonds is 14. The number of unbranched alkanes of at least 4 members (excludes halogenated alkanes) is 4. The lowest BCUT2D eigenvalue weighted by Crippen LogP contribution is -2.02. The van der Waals surface area contributed by atoms with Crippen LogP contribution >= 0.6 is 0 Å². The molecule has 1 atom stereocenters. The van der Waals surface area contributed by atoms with Gasteiger partial charge >= 0.3 is 0 Å². The van der Waals surface area contributed by atoms with Crippen LogP contribution in [0.25, 0.3) is 44.4 Å². The Labute approximate surface area is 309 Å². The van der Waals surface area contributed by atoms with Gasteiger partial charge in [0.1, 0.15) is 17.3 Å². The molecule has 0 aliphatic rings. The van der Waals surface area contributed by atoms with Gasteiger partial charge in [-0.05, 0) is 117 Å². The third kappa shape index (κ3) is 7.27. The highest BCUT2D eigenvalue weighted by molar-refractivity contribution is 6.09. The smallest absolute Gasteiger partial charge is 0.137 e. The maximum Gasteiger partial charge on any atom is 0.137 e. The maximum absolute atomic E-state index is 6.81. The van der Waals surface area contributed by atoms with Crippen molar-refractivity contribution in [2.45, 2.75) is 98.8 Å². The number of pyridine rings is 1. The molecule has 0 bridgehead atoms. The number of benzene rings is 4. The van der Waals surface area contributed by atoms with Crippen LogP contribution in [0, 0.1) is 20.8 Å². The minimum Gasteiger partial charge on any atom is -0.457 e. The molecule has 0 N–H and O–H groups in total. The van der Waals surface area contributed by atoms with Crippen LogP contribution < -0.4 is 4.74 Å². The molecule has 3 aromatic heterocycles. The third-order valence-corrected chi connectivity index (χ3v) is 10.6. The van der Waals surface area contributed by atoms with Crippen molar-refractivity contribution in [3.8, 4) is 34.1 Å². The van der Waals surface area contributed by atoms with Crippen molar-refractivity contribution in [2.24, 2.45) is 0 Å². The molecule has 0 saturated carbocycles. The van der Waals surface area contributed by atoms with Crippen LogP contribution in [0.4, 0.5) is 0 Å². The summed E-state index contributed by atoms with van der Waals surface area (Å²) in [6.07, 6.45) is 11.4. The molecule has 5 nitrogen and oxygen atoms in total. The van der Waals surface area contributed by atoms with Crippen LogP contribution in [0.2, 0.25) is 0 Å². The van der Waals surface area contributed by atoms with Crippen LogP contribution in [-0.4, -0.2) is 19.3 Å². The summed E-state index contributed by atoms with van der Waals surface area (Å²) in [4.78, 5) is 4.85. The SMILES string of the molecule is CCCCCc1cc(Oc2ccc3c4cc(C(C)CCCCC)ccc4n(-c4cc(C)ccn4)c3c2)cc(-n2nc(C)c(-c3ccccc3)c2C)c1. The van der Waals surface area contributed by atoms with Gasteiger partial charge in [-0.2, -0.15) is 5.10 Å². The maximum atomic E-state index is 6.81. The number of ether oxygens (including phenoxy) is 1. The number of aromatic nitrogens is 4. The van der Waals surface area contributed by atoms with E-state index in [2.05, 4.69) is 148 Å². The van der Waals surface area contributed by atoms with Crippen molar-refractivity contribution in [3.63, 3.8) is 0 Å². The standard InChI is InChI=1S/C47H52N4O/c1-7-9-12-16-33(4)38-20-23-44-43(29-38)42-22-21-40(31-45(42)50(44)46-26-32(3)24-25-48-46)52-41-28-36(17-13-10-8-2)27-39(30-41)51-35(6)47(34(5)49-51)37-18-14-11-15-19-37/h11,14-15,18-31,33H,7-10,12-13,16-17H2,1-6H3. The lowest BCUT2D eigenvalue weighted by molar-refractivity contribution is 0.482. The molecule has 0 radical (unpaired) electrons. The van der Waals surface area contributed by atoms with Gasteiger partial charge in [0.2, 0.25) is 0 Å². The van der Waals surface area contributed by atoms with E-state index in [0.717, 1.165) is 58.3 Å². The van der Waals surface area contributed by atoms with Crippen LogP contribution in [0.1, 0.15) is 99.7 Å². The molecule has 7 aromatic rings. The fourth-order valence-corrected chi connectivity index (χ4v) is 7.75. The topological polar surface area (TPSA) is 44.9 Å². The van der Waals surface area contributed by atoms with Crippen molar-refractivity contribution in [1.82, 2.24) is 19.3 Å². The summed E-state index contributed by atoms with van der Waals surface area (Å²) in [5.74, 6) is 3.04. The second-order valence-corrected chi connectivity index (χ2v) is 14.6. The zero-order valence-electron chi connectivity index (χ0n) is 31.7. The molecule has 3 heterocycles. The Morgan fingerprint density at radius 3 is 2.31 bits per heavy atom. The third-order valence-electron chi connectivity index (χ3n) is 10.6. The normalized spacial score (nSPS) is 12.2. The zero-order chi connectivity index (χ0) is 36.2. The average molecular weight is 689 g/mol. The molecular formula is C47H52N4O. The second-order valence-electron chi connectivity index (χ2n) is 14.6. The Bertz CT molecular complexity index is 2310. The molecular weight excluding hydrogens is 637 g/mol. The summed E-state index contributed by atoms with van der Waals surface area (Å²) in [5, 5.41) is 7.51. The predicted octanol–water partition coefficient (Wildman–Crippen LogP) is 13.2. The molecule has 0 spiro atoms. The van der Waals surface area contributed by atoms with Gasteiger partial charge in [0.15, 0.2) is 0 Å². The van der Waals surface area contributed by atoms with E-state index in [1.165, 1.54) is 77.1 Å². The quantitative estimate of drug-likeness (QED) is 0.107. The van der Waals surface area contributed by atoms with E-state index in [1.54, 1.807) is 0 Å². The molecule has 7 rings (SSSR count). The Hall–Kier alpha value is -5.16. The molecule has 1 unspecified atom stereocenters. The van der Waals surface area contributed by atoms with Crippen LogP contribution in [0.5, 0.6) is 11.5 Å². The molecule has 0 aliphatic carbocycles. The van der Waals surface area contributed by atoms with Crippen molar-refractivity contribution in [1.29, 1.82) is 0 Å². The Morgan fingerprint density at radius 2 is 1.52 bits per heavy atom. The van der Waals surface area contributed by atoms with Crippen molar-refractivity contribution < 1.29 is 4.74 Å². The Kier molecular flexibility index (Phi) is 10.6. The van der Waals surface area contributed by atoms with Crippen LogP contribution in [0.15, 0.2) is 103 Å². The van der Waals surface area contributed by atoms with E-state index < -0.39 is 0 Å². The second kappa shape index (κ2) is 15.6. The van der Waals surface area contributed by atoms with Crippen molar-refractivity contribution >= 4 is 21.8 Å². The number of aryl methyl sites for hydroxylation is 3. The summed E-state index contributed by atoms with van der Waals surface area (Å²) < 4.78 is 11.2.